The van der Waals surface area contributed by atoms with E-state index in [0.717, 1.165) is 5.56 Å². The Bertz CT molecular complexity index is 379. The SMILES string of the molecule is Cc1ccc(C(F)(F)C(N)=O)c(Br)c1. The van der Waals surface area contributed by atoms with Crippen LogP contribution in [0.5, 0.6) is 0 Å². The second-order valence-electron chi connectivity index (χ2n) is 2.92. The van der Waals surface area contributed by atoms with Crippen molar-refractivity contribution in [3.8, 4) is 0 Å². The number of aryl methyl sites for hydroxylation is 1. The van der Waals surface area contributed by atoms with E-state index in [1.165, 1.54) is 18.2 Å². The summed E-state index contributed by atoms with van der Waals surface area (Å²) in [5, 5.41) is 0. The molecule has 1 aromatic rings. The molecule has 1 aromatic carbocycles. The number of rotatable bonds is 2. The maximum absolute atomic E-state index is 13.2. The van der Waals surface area contributed by atoms with Crippen LogP contribution in [0, 0.1) is 6.92 Å². The molecule has 0 aliphatic rings. The normalized spacial score (nSPS) is 11.4. The van der Waals surface area contributed by atoms with E-state index in [1.54, 1.807) is 6.92 Å². The Hall–Kier alpha value is -0.970. The molecule has 0 fully saturated rings. The minimum absolute atomic E-state index is 0.182. The molecule has 1 amide bonds. The maximum atomic E-state index is 13.2. The van der Waals surface area contributed by atoms with Gasteiger partial charge in [-0.25, -0.2) is 0 Å². The van der Waals surface area contributed by atoms with Crippen molar-refractivity contribution >= 4 is 21.8 Å². The van der Waals surface area contributed by atoms with Crippen LogP contribution in [0.1, 0.15) is 11.1 Å². The van der Waals surface area contributed by atoms with E-state index >= 15 is 0 Å². The Kier molecular flexibility index (Phi) is 2.89. The summed E-state index contributed by atoms with van der Waals surface area (Å²) in [6.45, 7) is 1.76. The van der Waals surface area contributed by atoms with Crippen molar-refractivity contribution in [2.45, 2.75) is 12.8 Å². The summed E-state index contributed by atoms with van der Waals surface area (Å²) >= 11 is 2.96. The van der Waals surface area contributed by atoms with E-state index < -0.39 is 17.4 Å². The lowest BCUT2D eigenvalue weighted by atomic mass is 10.1. The molecule has 2 nitrogen and oxygen atoms in total. The van der Waals surface area contributed by atoms with Gasteiger partial charge in [-0.15, -0.1) is 0 Å². The highest BCUT2D eigenvalue weighted by atomic mass is 79.9. The number of halogens is 3. The standard InChI is InChI=1S/C9H8BrF2NO/c1-5-2-3-6(7(10)4-5)9(11,12)8(13)14/h2-4H,1H3,(H2,13,14). The van der Waals surface area contributed by atoms with Gasteiger partial charge in [0.05, 0.1) is 0 Å². The lowest BCUT2D eigenvalue weighted by Gasteiger charge is -2.14. The fourth-order valence-corrected chi connectivity index (χ4v) is 1.75. The lowest BCUT2D eigenvalue weighted by molar-refractivity contribution is -0.143. The van der Waals surface area contributed by atoms with E-state index in [-0.39, 0.29) is 4.47 Å². The number of nitrogens with two attached hydrogens (primary N) is 1. The zero-order chi connectivity index (χ0) is 10.9. The highest BCUT2D eigenvalue weighted by Crippen LogP contribution is 2.33. The molecule has 1 rings (SSSR count). The van der Waals surface area contributed by atoms with Crippen LogP contribution in [-0.4, -0.2) is 5.91 Å². The molecule has 2 N–H and O–H groups in total. The maximum Gasteiger partial charge on any atom is 0.350 e. The Morgan fingerprint density at radius 3 is 2.50 bits per heavy atom. The number of hydrogen-bond acceptors (Lipinski definition) is 1. The molecule has 0 aliphatic heterocycles. The average molecular weight is 264 g/mol. The van der Waals surface area contributed by atoms with Gasteiger partial charge in [0.15, 0.2) is 0 Å². The average Bonchev–Trinajstić information content (AvgIpc) is 2.02. The van der Waals surface area contributed by atoms with Crippen LogP contribution < -0.4 is 5.73 Å². The number of amides is 1. The van der Waals surface area contributed by atoms with Gasteiger partial charge in [0.1, 0.15) is 0 Å². The fourth-order valence-electron chi connectivity index (χ4n) is 1.01. The van der Waals surface area contributed by atoms with Crippen molar-refractivity contribution in [3.63, 3.8) is 0 Å². The molecular formula is C9H8BrF2NO. The first-order chi connectivity index (χ1) is 6.35. The monoisotopic (exact) mass is 263 g/mol. The number of benzene rings is 1. The van der Waals surface area contributed by atoms with Crippen molar-refractivity contribution in [2.75, 3.05) is 0 Å². The molecule has 0 saturated heterocycles. The predicted octanol–water partition coefficient (Wildman–Crippen LogP) is 2.33. The fraction of sp³-hybridized carbons (Fsp3) is 0.222. The van der Waals surface area contributed by atoms with Gasteiger partial charge in [-0.3, -0.25) is 4.79 Å². The Morgan fingerprint density at radius 1 is 1.50 bits per heavy atom. The molecule has 5 heteroatoms. The molecule has 0 atom stereocenters. The van der Waals surface area contributed by atoms with Crippen molar-refractivity contribution in [2.24, 2.45) is 5.73 Å². The summed E-state index contributed by atoms with van der Waals surface area (Å²) < 4.78 is 26.5. The molecule has 76 valence electrons. The van der Waals surface area contributed by atoms with E-state index in [1.807, 2.05) is 0 Å². The first-order valence-electron chi connectivity index (χ1n) is 3.80. The van der Waals surface area contributed by atoms with Gasteiger partial charge < -0.3 is 5.73 Å². The minimum Gasteiger partial charge on any atom is -0.364 e. The number of carbonyl (C=O) groups is 1. The second kappa shape index (κ2) is 3.65. The lowest BCUT2D eigenvalue weighted by Crippen LogP contribution is -2.33. The largest absolute Gasteiger partial charge is 0.364 e. The van der Waals surface area contributed by atoms with Gasteiger partial charge in [0.25, 0.3) is 5.91 Å². The smallest absolute Gasteiger partial charge is 0.350 e. The predicted molar refractivity (Wildman–Crippen MR) is 52.0 cm³/mol. The molecule has 0 aliphatic carbocycles. The molecule has 0 heterocycles. The minimum atomic E-state index is -3.63. The van der Waals surface area contributed by atoms with Crippen LogP contribution in [0.3, 0.4) is 0 Å². The van der Waals surface area contributed by atoms with Gasteiger partial charge in [-0.1, -0.05) is 28.1 Å². The van der Waals surface area contributed by atoms with Crippen molar-refractivity contribution in [1.29, 1.82) is 0 Å². The Labute approximate surface area is 88.2 Å². The van der Waals surface area contributed by atoms with Gasteiger partial charge in [0.2, 0.25) is 0 Å². The topological polar surface area (TPSA) is 43.1 Å². The number of hydrogen-bond donors (Lipinski definition) is 1. The Balaban J connectivity index is 3.26. The van der Waals surface area contributed by atoms with E-state index in [9.17, 15) is 13.6 Å². The second-order valence-corrected chi connectivity index (χ2v) is 3.78. The molecule has 0 spiro atoms. The molecular weight excluding hydrogens is 256 g/mol. The zero-order valence-corrected chi connectivity index (χ0v) is 8.94. The summed E-state index contributed by atoms with van der Waals surface area (Å²) in [6, 6.07) is 4.19. The third-order valence-electron chi connectivity index (χ3n) is 1.77. The Morgan fingerprint density at radius 2 is 2.07 bits per heavy atom. The highest BCUT2D eigenvalue weighted by Gasteiger charge is 2.40. The molecule has 0 bridgehead atoms. The van der Waals surface area contributed by atoms with Gasteiger partial charge in [-0.05, 0) is 18.6 Å². The van der Waals surface area contributed by atoms with Crippen LogP contribution in [0.2, 0.25) is 0 Å². The van der Waals surface area contributed by atoms with Crippen LogP contribution >= 0.6 is 15.9 Å². The van der Waals surface area contributed by atoms with E-state index in [4.69, 9.17) is 0 Å². The number of alkyl halides is 2. The van der Waals surface area contributed by atoms with Crippen LogP contribution in [-0.2, 0) is 10.7 Å². The molecule has 0 saturated carbocycles. The van der Waals surface area contributed by atoms with Crippen molar-refractivity contribution in [3.05, 3.63) is 33.8 Å². The van der Waals surface area contributed by atoms with Gasteiger partial charge in [0, 0.05) is 10.0 Å². The first kappa shape index (κ1) is 11.1. The van der Waals surface area contributed by atoms with Crippen molar-refractivity contribution < 1.29 is 13.6 Å². The highest BCUT2D eigenvalue weighted by molar-refractivity contribution is 9.10. The number of carbonyl (C=O) groups excluding carboxylic acids is 1. The molecule has 0 aromatic heterocycles. The zero-order valence-electron chi connectivity index (χ0n) is 7.35. The van der Waals surface area contributed by atoms with Crippen LogP contribution in [0.15, 0.2) is 22.7 Å². The number of primary amides is 1. The molecule has 0 unspecified atom stereocenters. The molecule has 0 radical (unpaired) electrons. The quantitative estimate of drug-likeness (QED) is 0.875. The van der Waals surface area contributed by atoms with Crippen LogP contribution in [0.25, 0.3) is 0 Å². The summed E-state index contributed by atoms with van der Waals surface area (Å²) in [5.74, 6) is -5.28. The van der Waals surface area contributed by atoms with Crippen molar-refractivity contribution in [1.82, 2.24) is 0 Å². The van der Waals surface area contributed by atoms with E-state index in [2.05, 4.69) is 21.7 Å². The summed E-state index contributed by atoms with van der Waals surface area (Å²) in [6.07, 6.45) is 0. The summed E-state index contributed by atoms with van der Waals surface area (Å²) in [4.78, 5) is 10.5. The first-order valence-corrected chi connectivity index (χ1v) is 4.59. The molecule has 14 heavy (non-hydrogen) atoms. The summed E-state index contributed by atoms with van der Waals surface area (Å²) in [7, 11) is 0. The third kappa shape index (κ3) is 1.92. The van der Waals surface area contributed by atoms with E-state index in [0.29, 0.717) is 0 Å². The third-order valence-corrected chi connectivity index (χ3v) is 2.43. The van der Waals surface area contributed by atoms with Gasteiger partial charge >= 0.3 is 5.92 Å². The summed E-state index contributed by atoms with van der Waals surface area (Å²) in [5.41, 5.74) is 5.01. The van der Waals surface area contributed by atoms with Crippen LogP contribution in [0.4, 0.5) is 8.78 Å². The van der Waals surface area contributed by atoms with Gasteiger partial charge in [-0.2, -0.15) is 8.78 Å².